The molecule has 0 bridgehead atoms. The Bertz CT molecular complexity index is 619. The Kier molecular flexibility index (Phi) is 6.90. The van der Waals surface area contributed by atoms with Crippen LogP contribution in [0.3, 0.4) is 0 Å². The van der Waals surface area contributed by atoms with Crippen LogP contribution >= 0.6 is 0 Å². The van der Waals surface area contributed by atoms with Gasteiger partial charge in [0.1, 0.15) is 5.82 Å². The molecule has 2 aliphatic heterocycles. The van der Waals surface area contributed by atoms with Crippen molar-refractivity contribution in [2.75, 3.05) is 57.8 Å². The molecule has 1 aromatic heterocycles. The van der Waals surface area contributed by atoms with Gasteiger partial charge in [-0.05, 0) is 30.9 Å². The van der Waals surface area contributed by atoms with Crippen LogP contribution in [0.15, 0.2) is 29.4 Å². The van der Waals surface area contributed by atoms with E-state index in [-0.39, 0.29) is 5.91 Å². The molecule has 3 heterocycles. The number of piperidine rings is 1. The number of aliphatic imine (C=N–C) groups is 1. The molecule has 2 fully saturated rings. The predicted octanol–water partition coefficient (Wildman–Crippen LogP) is 1.43. The zero-order valence-corrected chi connectivity index (χ0v) is 16.6. The normalized spacial score (nSPS) is 19.3. The maximum atomic E-state index is 12.5. The summed E-state index contributed by atoms with van der Waals surface area (Å²) in [5, 5.41) is 3.37. The van der Waals surface area contributed by atoms with Crippen molar-refractivity contribution in [2.45, 2.75) is 26.2 Å². The van der Waals surface area contributed by atoms with Gasteiger partial charge in [-0.15, -0.1) is 0 Å². The van der Waals surface area contributed by atoms with E-state index in [9.17, 15) is 4.79 Å². The molecule has 2 saturated heterocycles. The van der Waals surface area contributed by atoms with Crippen molar-refractivity contribution < 1.29 is 4.79 Å². The summed E-state index contributed by atoms with van der Waals surface area (Å²) >= 11 is 0. The second-order valence-electron chi connectivity index (χ2n) is 7.45. The number of aromatic nitrogens is 1. The van der Waals surface area contributed by atoms with Crippen molar-refractivity contribution in [3.05, 3.63) is 24.4 Å². The highest BCUT2D eigenvalue weighted by Crippen LogP contribution is 2.16. The van der Waals surface area contributed by atoms with Crippen molar-refractivity contribution >= 4 is 17.7 Å². The minimum Gasteiger partial charge on any atom is -0.356 e. The van der Waals surface area contributed by atoms with E-state index >= 15 is 0 Å². The van der Waals surface area contributed by atoms with Gasteiger partial charge in [0, 0.05) is 65.5 Å². The van der Waals surface area contributed by atoms with E-state index in [0.717, 1.165) is 57.0 Å². The highest BCUT2D eigenvalue weighted by Gasteiger charge is 2.22. The number of nitrogens with one attached hydrogen (secondary N) is 1. The lowest BCUT2D eigenvalue weighted by Gasteiger charge is -2.35. The van der Waals surface area contributed by atoms with Crippen molar-refractivity contribution in [2.24, 2.45) is 10.9 Å². The lowest BCUT2D eigenvalue weighted by molar-refractivity contribution is -0.131. The molecule has 7 heteroatoms. The molecule has 0 unspecified atom stereocenters. The number of guanidine groups is 1. The number of likely N-dealkylation sites (tertiary alicyclic amines) is 1. The summed E-state index contributed by atoms with van der Waals surface area (Å²) in [5.74, 6) is 2.93. The van der Waals surface area contributed by atoms with E-state index < -0.39 is 0 Å². The molecule has 2 aliphatic rings. The highest BCUT2D eigenvalue weighted by atomic mass is 16.2. The topological polar surface area (TPSA) is 64.1 Å². The molecule has 0 spiro atoms. The van der Waals surface area contributed by atoms with Crippen LogP contribution in [0.1, 0.15) is 26.2 Å². The lowest BCUT2D eigenvalue weighted by Crippen LogP contribution is -2.50. The minimum absolute atomic E-state index is 0.214. The van der Waals surface area contributed by atoms with Gasteiger partial charge in [0.15, 0.2) is 5.96 Å². The zero-order valence-electron chi connectivity index (χ0n) is 16.6. The van der Waals surface area contributed by atoms with E-state index in [1.165, 1.54) is 12.8 Å². The quantitative estimate of drug-likeness (QED) is 0.640. The van der Waals surface area contributed by atoms with Gasteiger partial charge in [-0.3, -0.25) is 9.79 Å². The van der Waals surface area contributed by atoms with Gasteiger partial charge < -0.3 is 20.0 Å². The van der Waals surface area contributed by atoms with E-state index in [1.807, 2.05) is 36.3 Å². The fourth-order valence-corrected chi connectivity index (χ4v) is 3.72. The minimum atomic E-state index is 0.214. The second-order valence-corrected chi connectivity index (χ2v) is 7.45. The summed E-state index contributed by atoms with van der Waals surface area (Å²) in [6.07, 6.45) is 4.74. The van der Waals surface area contributed by atoms with Gasteiger partial charge in [0.25, 0.3) is 0 Å². The smallest absolute Gasteiger partial charge is 0.224 e. The van der Waals surface area contributed by atoms with Crippen LogP contribution < -0.4 is 10.2 Å². The van der Waals surface area contributed by atoms with Crippen LogP contribution in [0.4, 0.5) is 5.82 Å². The maximum absolute atomic E-state index is 12.5. The average molecular weight is 373 g/mol. The van der Waals surface area contributed by atoms with Crippen LogP contribution in [-0.4, -0.2) is 79.5 Å². The van der Waals surface area contributed by atoms with Crippen LogP contribution in [0.5, 0.6) is 0 Å². The first kappa shape index (κ1) is 19.5. The van der Waals surface area contributed by atoms with E-state index in [4.69, 9.17) is 0 Å². The van der Waals surface area contributed by atoms with Gasteiger partial charge >= 0.3 is 0 Å². The van der Waals surface area contributed by atoms with Gasteiger partial charge in [0.2, 0.25) is 5.91 Å². The van der Waals surface area contributed by atoms with Crippen LogP contribution in [-0.2, 0) is 4.79 Å². The summed E-state index contributed by atoms with van der Waals surface area (Å²) < 4.78 is 0. The van der Waals surface area contributed by atoms with Gasteiger partial charge in [-0.1, -0.05) is 13.0 Å². The summed E-state index contributed by atoms with van der Waals surface area (Å²) in [4.78, 5) is 27.8. The fourth-order valence-electron chi connectivity index (χ4n) is 3.72. The number of hydrogen-bond acceptors (Lipinski definition) is 4. The number of pyridine rings is 1. The summed E-state index contributed by atoms with van der Waals surface area (Å²) in [6.45, 7) is 8.22. The number of carbonyl (C=O) groups excluding carboxylic acids is 1. The van der Waals surface area contributed by atoms with Gasteiger partial charge in [0.05, 0.1) is 0 Å². The molecule has 1 N–H and O–H groups in total. The van der Waals surface area contributed by atoms with Crippen molar-refractivity contribution in [1.29, 1.82) is 0 Å². The molecule has 1 amide bonds. The first-order valence-electron chi connectivity index (χ1n) is 10.1. The summed E-state index contributed by atoms with van der Waals surface area (Å²) in [6, 6.07) is 5.95. The Balaban J connectivity index is 1.38. The van der Waals surface area contributed by atoms with Crippen LogP contribution in [0, 0.1) is 5.92 Å². The molecule has 0 atom stereocenters. The molecule has 148 valence electrons. The molecule has 0 radical (unpaired) electrons. The summed E-state index contributed by atoms with van der Waals surface area (Å²) in [5.41, 5.74) is 0. The third kappa shape index (κ3) is 5.34. The lowest BCUT2D eigenvalue weighted by atomic mass is 10.00. The number of amides is 1. The standard InChI is InChI=1S/C20H32N6O/c1-17-7-11-26(12-8-17)20(21-2)23-10-6-19(27)25-15-13-24(14-16-25)18-5-3-4-9-22-18/h3-5,9,17H,6-8,10-16H2,1-2H3,(H,21,23). The molecule has 3 rings (SSSR count). The molecule has 0 aromatic carbocycles. The molecular weight excluding hydrogens is 340 g/mol. The number of hydrogen-bond donors (Lipinski definition) is 1. The number of piperazine rings is 1. The van der Waals surface area contributed by atoms with Crippen LogP contribution in [0.2, 0.25) is 0 Å². The monoisotopic (exact) mass is 372 g/mol. The first-order chi connectivity index (χ1) is 13.2. The number of carbonyl (C=O) groups is 1. The Morgan fingerprint density at radius 3 is 2.52 bits per heavy atom. The number of anilines is 1. The zero-order chi connectivity index (χ0) is 19.1. The fraction of sp³-hybridized carbons (Fsp3) is 0.650. The number of rotatable bonds is 4. The largest absolute Gasteiger partial charge is 0.356 e. The van der Waals surface area contributed by atoms with Gasteiger partial charge in [-0.25, -0.2) is 4.98 Å². The third-order valence-electron chi connectivity index (χ3n) is 5.52. The Morgan fingerprint density at radius 2 is 1.89 bits per heavy atom. The average Bonchev–Trinajstić information content (AvgIpc) is 2.73. The highest BCUT2D eigenvalue weighted by molar-refractivity contribution is 5.81. The van der Waals surface area contributed by atoms with Crippen molar-refractivity contribution in [3.8, 4) is 0 Å². The van der Waals surface area contributed by atoms with E-state index in [1.54, 1.807) is 0 Å². The molecular formula is C20H32N6O. The molecule has 7 nitrogen and oxygen atoms in total. The SMILES string of the molecule is CN=C(NCCC(=O)N1CCN(c2ccccn2)CC1)N1CCC(C)CC1. The Labute approximate surface area is 162 Å². The van der Waals surface area contributed by atoms with Gasteiger partial charge in [-0.2, -0.15) is 0 Å². The second kappa shape index (κ2) is 9.58. The van der Waals surface area contributed by atoms with E-state index in [0.29, 0.717) is 13.0 Å². The molecule has 27 heavy (non-hydrogen) atoms. The maximum Gasteiger partial charge on any atom is 0.224 e. The Morgan fingerprint density at radius 1 is 1.15 bits per heavy atom. The number of nitrogens with zero attached hydrogens (tertiary/aromatic N) is 5. The summed E-state index contributed by atoms with van der Waals surface area (Å²) in [7, 11) is 1.82. The third-order valence-corrected chi connectivity index (χ3v) is 5.52. The molecule has 1 aromatic rings. The Hall–Kier alpha value is -2.31. The molecule has 0 saturated carbocycles. The molecule has 0 aliphatic carbocycles. The van der Waals surface area contributed by atoms with Crippen LogP contribution in [0.25, 0.3) is 0 Å². The van der Waals surface area contributed by atoms with E-state index in [2.05, 4.69) is 32.0 Å². The first-order valence-corrected chi connectivity index (χ1v) is 10.1. The predicted molar refractivity (Wildman–Crippen MR) is 109 cm³/mol. The van der Waals surface area contributed by atoms with Crippen molar-refractivity contribution in [3.63, 3.8) is 0 Å². The van der Waals surface area contributed by atoms with Crippen molar-refractivity contribution in [1.82, 2.24) is 20.1 Å².